The first kappa shape index (κ1) is 19.6. The summed E-state index contributed by atoms with van der Waals surface area (Å²) in [7, 11) is 0. The summed E-state index contributed by atoms with van der Waals surface area (Å²) in [5.41, 5.74) is 1.40. The van der Waals surface area contributed by atoms with Gasteiger partial charge in [-0.25, -0.2) is 4.98 Å². The van der Waals surface area contributed by atoms with Crippen LogP contribution in [0.15, 0.2) is 36.5 Å². The second-order valence-corrected chi connectivity index (χ2v) is 5.50. The number of alkyl halides is 2. The Hall–Kier alpha value is -2.74. The molecule has 0 saturated carbocycles. The Morgan fingerprint density at radius 2 is 1.96 bits per heavy atom. The van der Waals surface area contributed by atoms with Crippen molar-refractivity contribution in [2.75, 3.05) is 18.5 Å². The van der Waals surface area contributed by atoms with Crippen LogP contribution in [0.4, 0.5) is 20.3 Å². The van der Waals surface area contributed by atoms with Crippen molar-refractivity contribution in [3.8, 4) is 11.5 Å². The summed E-state index contributed by atoms with van der Waals surface area (Å²) in [6.45, 7) is 2.47. The van der Waals surface area contributed by atoms with Crippen LogP contribution in [-0.4, -0.2) is 35.1 Å². The summed E-state index contributed by atoms with van der Waals surface area (Å²) in [4.78, 5) is 4.25. The molecule has 1 heterocycles. The number of ether oxygens (including phenoxy) is 2. The van der Waals surface area contributed by atoms with Crippen LogP contribution in [0.3, 0.4) is 0 Å². The Morgan fingerprint density at radius 1 is 1.27 bits per heavy atom. The van der Waals surface area contributed by atoms with Crippen LogP contribution in [0.5, 0.6) is 11.5 Å². The second-order valence-electron chi connectivity index (χ2n) is 5.50. The highest BCUT2D eigenvalue weighted by atomic mass is 19.3. The van der Waals surface area contributed by atoms with Gasteiger partial charge < -0.3 is 25.3 Å². The molecule has 1 aromatic carbocycles. The number of nitrogens with one attached hydrogen (secondary N) is 2. The molecule has 0 bridgehead atoms. The lowest BCUT2D eigenvalue weighted by Crippen LogP contribution is -2.18. The normalized spacial score (nSPS) is 11.1. The van der Waals surface area contributed by atoms with E-state index < -0.39 is 6.11 Å². The number of anilines is 2. The maximum atomic E-state index is 12.9. The highest BCUT2D eigenvalue weighted by molar-refractivity contribution is 6.05. The quantitative estimate of drug-likeness (QED) is 0.586. The van der Waals surface area contributed by atoms with E-state index in [-0.39, 0.29) is 19.0 Å². The van der Waals surface area contributed by atoms with Gasteiger partial charge in [0.2, 0.25) is 0 Å². The summed E-state index contributed by atoms with van der Waals surface area (Å²) in [6.07, 6.45) is -1.26. The average molecular weight is 365 g/mol. The minimum Gasteiger partial charge on any atom is -0.490 e. The zero-order valence-electron chi connectivity index (χ0n) is 14.6. The molecule has 0 spiro atoms. The molecule has 0 aliphatic carbocycles. The van der Waals surface area contributed by atoms with Gasteiger partial charge in [-0.1, -0.05) is 6.92 Å². The van der Waals surface area contributed by atoms with Gasteiger partial charge in [0.05, 0.1) is 12.2 Å². The third kappa shape index (κ3) is 5.38. The van der Waals surface area contributed by atoms with Crippen LogP contribution in [-0.2, 0) is 0 Å². The fourth-order valence-electron chi connectivity index (χ4n) is 2.23. The van der Waals surface area contributed by atoms with Crippen molar-refractivity contribution in [2.45, 2.75) is 26.4 Å². The largest absolute Gasteiger partial charge is 0.490 e. The van der Waals surface area contributed by atoms with E-state index in [0.717, 1.165) is 0 Å². The van der Waals surface area contributed by atoms with Crippen LogP contribution in [0.2, 0.25) is 0 Å². The molecule has 3 N–H and O–H groups in total. The van der Waals surface area contributed by atoms with Gasteiger partial charge in [-0.2, -0.15) is 8.78 Å². The molecular weight excluding hydrogens is 344 g/mol. The van der Waals surface area contributed by atoms with Crippen molar-refractivity contribution < 1.29 is 23.4 Å². The zero-order chi connectivity index (χ0) is 19.2. The van der Waals surface area contributed by atoms with Gasteiger partial charge in [0, 0.05) is 24.5 Å². The van der Waals surface area contributed by atoms with Crippen molar-refractivity contribution in [2.24, 2.45) is 0 Å². The molecule has 0 radical (unpaired) electrons. The Balaban J connectivity index is 2.26. The number of halogens is 2. The van der Waals surface area contributed by atoms with Crippen molar-refractivity contribution in [3.05, 3.63) is 42.1 Å². The number of hydrogen-bond acceptors (Lipinski definition) is 6. The van der Waals surface area contributed by atoms with Crippen molar-refractivity contribution in [1.82, 2.24) is 4.98 Å². The number of benzene rings is 1. The van der Waals surface area contributed by atoms with Crippen molar-refractivity contribution in [3.63, 3.8) is 0 Å². The van der Waals surface area contributed by atoms with E-state index in [0.29, 0.717) is 41.9 Å². The Kier molecular flexibility index (Phi) is 6.46. The summed E-state index contributed by atoms with van der Waals surface area (Å²) < 4.78 is 35.7. The number of nitrogens with zero attached hydrogens (tertiary/aromatic N) is 1. The maximum absolute atomic E-state index is 12.9. The van der Waals surface area contributed by atoms with Crippen LogP contribution >= 0.6 is 0 Å². The summed E-state index contributed by atoms with van der Waals surface area (Å²) >= 11 is 0. The molecule has 0 fully saturated rings. The molecule has 2 rings (SSSR count). The topological polar surface area (TPSA) is 87.5 Å². The minimum absolute atomic E-state index is 0.0394. The third-order valence-electron chi connectivity index (χ3n) is 3.33. The van der Waals surface area contributed by atoms with E-state index in [9.17, 15) is 8.78 Å². The predicted molar refractivity (Wildman–Crippen MR) is 94.9 cm³/mol. The van der Waals surface area contributed by atoms with Gasteiger partial charge >= 0.3 is 6.11 Å². The van der Waals surface area contributed by atoms with Gasteiger partial charge in [-0.05, 0) is 36.8 Å². The molecule has 0 atom stereocenters. The number of rotatable bonds is 9. The van der Waals surface area contributed by atoms with E-state index in [1.165, 1.54) is 18.3 Å². The van der Waals surface area contributed by atoms with Crippen LogP contribution in [0, 0.1) is 5.41 Å². The lowest BCUT2D eigenvalue weighted by atomic mass is 10.1. The third-order valence-corrected chi connectivity index (χ3v) is 3.33. The first-order valence-electron chi connectivity index (χ1n) is 8.08. The SMILES string of the molecule is CCC(=N)c1c(OCCO)ccnc1Nc1ccc(OC(C)(F)F)cc1. The number of aliphatic hydroxyl groups is 1. The van der Waals surface area contributed by atoms with E-state index in [4.69, 9.17) is 15.3 Å². The van der Waals surface area contributed by atoms with Crippen molar-refractivity contribution in [1.29, 1.82) is 5.41 Å². The Bertz CT molecular complexity index is 746. The molecule has 0 aliphatic heterocycles. The number of aliphatic hydroxyl groups excluding tert-OH is 1. The summed E-state index contributed by atoms with van der Waals surface area (Å²) in [5, 5.41) is 20.2. The minimum atomic E-state index is -3.25. The molecule has 140 valence electrons. The average Bonchev–Trinajstić information content (AvgIpc) is 2.60. The lowest BCUT2D eigenvalue weighted by molar-refractivity contribution is -0.158. The molecule has 6 nitrogen and oxygen atoms in total. The fourth-order valence-corrected chi connectivity index (χ4v) is 2.23. The zero-order valence-corrected chi connectivity index (χ0v) is 14.6. The number of hydrogen-bond donors (Lipinski definition) is 3. The van der Waals surface area contributed by atoms with E-state index in [1.54, 1.807) is 18.2 Å². The standard InChI is InChI=1S/C18H21F2N3O3/c1-3-14(21)16-15(25-11-10-24)8-9-22-17(16)23-12-4-6-13(7-5-12)26-18(2,19)20/h4-9,21,24H,3,10-11H2,1-2H3,(H,22,23). The summed E-state index contributed by atoms with van der Waals surface area (Å²) in [5.74, 6) is 0.883. The van der Waals surface area contributed by atoms with E-state index >= 15 is 0 Å². The number of pyridine rings is 1. The molecule has 0 amide bonds. The second kappa shape index (κ2) is 8.57. The van der Waals surface area contributed by atoms with Gasteiger partial charge in [0.1, 0.15) is 23.9 Å². The van der Waals surface area contributed by atoms with Gasteiger partial charge in [0.25, 0.3) is 0 Å². The first-order valence-corrected chi connectivity index (χ1v) is 8.08. The van der Waals surface area contributed by atoms with E-state index in [2.05, 4.69) is 15.0 Å². The predicted octanol–water partition coefficient (Wildman–Crippen LogP) is 3.97. The maximum Gasteiger partial charge on any atom is 0.394 e. The Labute approximate surface area is 150 Å². The van der Waals surface area contributed by atoms with Crippen molar-refractivity contribution >= 4 is 17.2 Å². The molecule has 0 aliphatic rings. The van der Waals surface area contributed by atoms with Gasteiger partial charge in [0.15, 0.2) is 0 Å². The molecule has 0 saturated heterocycles. The lowest BCUT2D eigenvalue weighted by Gasteiger charge is -2.16. The van der Waals surface area contributed by atoms with Crippen LogP contribution in [0.1, 0.15) is 25.8 Å². The molecule has 1 aromatic heterocycles. The highest BCUT2D eigenvalue weighted by Gasteiger charge is 2.23. The van der Waals surface area contributed by atoms with Crippen LogP contribution in [0.25, 0.3) is 0 Å². The monoisotopic (exact) mass is 365 g/mol. The molecule has 26 heavy (non-hydrogen) atoms. The summed E-state index contributed by atoms with van der Waals surface area (Å²) in [6, 6.07) is 7.60. The molecular formula is C18H21F2N3O3. The van der Waals surface area contributed by atoms with Crippen LogP contribution < -0.4 is 14.8 Å². The van der Waals surface area contributed by atoms with Gasteiger partial charge in [-0.3, -0.25) is 0 Å². The molecule has 2 aromatic rings. The molecule has 8 heteroatoms. The number of aromatic nitrogens is 1. The smallest absolute Gasteiger partial charge is 0.394 e. The fraction of sp³-hybridized carbons (Fsp3) is 0.333. The highest BCUT2D eigenvalue weighted by Crippen LogP contribution is 2.29. The van der Waals surface area contributed by atoms with Gasteiger partial charge in [-0.15, -0.1) is 0 Å². The van der Waals surface area contributed by atoms with E-state index in [1.807, 2.05) is 6.92 Å². The Morgan fingerprint density at radius 3 is 2.54 bits per heavy atom. The first-order chi connectivity index (χ1) is 12.3. The molecule has 0 unspecified atom stereocenters.